The van der Waals surface area contributed by atoms with Gasteiger partial charge in [0.25, 0.3) is 5.89 Å². The monoisotopic (exact) mass is 311 g/mol. The van der Waals surface area contributed by atoms with Gasteiger partial charge >= 0.3 is 0 Å². The molecule has 23 heavy (non-hydrogen) atoms. The van der Waals surface area contributed by atoms with Crippen molar-refractivity contribution in [1.82, 2.24) is 20.1 Å². The van der Waals surface area contributed by atoms with E-state index in [0.717, 1.165) is 17.1 Å². The molecule has 118 valence electrons. The number of nitrogens with zero attached hydrogens (tertiary/aromatic N) is 4. The topological polar surface area (TPSA) is 86.0 Å². The van der Waals surface area contributed by atoms with Gasteiger partial charge in [-0.3, -0.25) is 4.98 Å². The fourth-order valence-electron chi connectivity index (χ4n) is 1.98. The predicted octanol–water partition coefficient (Wildman–Crippen LogP) is 2.71. The van der Waals surface area contributed by atoms with Gasteiger partial charge in [0.1, 0.15) is 17.7 Å². The molecule has 0 amide bonds. The van der Waals surface area contributed by atoms with E-state index in [1.165, 1.54) is 0 Å². The largest absolute Gasteiger partial charge is 0.487 e. The van der Waals surface area contributed by atoms with Crippen molar-refractivity contribution in [1.29, 1.82) is 0 Å². The first-order chi connectivity index (χ1) is 11.2. The number of hydrogen-bond acceptors (Lipinski definition) is 7. The van der Waals surface area contributed by atoms with Gasteiger partial charge in [0.15, 0.2) is 5.82 Å². The van der Waals surface area contributed by atoms with Crippen LogP contribution in [0.5, 0.6) is 5.75 Å². The molecule has 0 aromatic carbocycles. The third-order valence-electron chi connectivity index (χ3n) is 3.08. The SMILES string of the molecule is Cc1noc(-c2ccc(NCC(C)Oc3cccnc3)nc2)n1. The first kappa shape index (κ1) is 15.0. The molecular formula is C16H17N5O2. The molecule has 0 aliphatic heterocycles. The Kier molecular flexibility index (Phi) is 4.46. The zero-order valence-electron chi connectivity index (χ0n) is 12.9. The van der Waals surface area contributed by atoms with Crippen LogP contribution in [0.15, 0.2) is 47.4 Å². The van der Waals surface area contributed by atoms with Gasteiger partial charge in [0.05, 0.1) is 18.3 Å². The second-order valence-corrected chi connectivity index (χ2v) is 5.08. The third-order valence-corrected chi connectivity index (χ3v) is 3.08. The Bertz CT molecular complexity index is 743. The van der Waals surface area contributed by atoms with Gasteiger partial charge in [0.2, 0.25) is 0 Å². The lowest BCUT2D eigenvalue weighted by Crippen LogP contribution is -2.23. The highest BCUT2D eigenvalue weighted by atomic mass is 16.5. The molecule has 3 rings (SSSR count). The standard InChI is InChI=1S/C16H17N5O2/c1-11(22-14-4-3-7-17-10-14)8-18-15-6-5-13(9-19-15)16-20-12(2)21-23-16/h3-7,9-11H,8H2,1-2H3,(H,18,19). The summed E-state index contributed by atoms with van der Waals surface area (Å²) in [7, 11) is 0. The van der Waals surface area contributed by atoms with Crippen LogP contribution >= 0.6 is 0 Å². The Morgan fingerprint density at radius 3 is 2.83 bits per heavy atom. The van der Waals surface area contributed by atoms with Gasteiger partial charge in [-0.05, 0) is 38.1 Å². The van der Waals surface area contributed by atoms with Crippen molar-refractivity contribution in [2.24, 2.45) is 0 Å². The van der Waals surface area contributed by atoms with E-state index in [0.29, 0.717) is 18.3 Å². The molecular weight excluding hydrogens is 294 g/mol. The van der Waals surface area contributed by atoms with E-state index < -0.39 is 0 Å². The first-order valence-electron chi connectivity index (χ1n) is 7.28. The lowest BCUT2D eigenvalue weighted by molar-refractivity contribution is 0.234. The predicted molar refractivity (Wildman–Crippen MR) is 85.1 cm³/mol. The summed E-state index contributed by atoms with van der Waals surface area (Å²) in [6.45, 7) is 4.39. The Balaban J connectivity index is 1.54. The molecule has 1 atom stereocenters. The van der Waals surface area contributed by atoms with E-state index in [-0.39, 0.29) is 6.10 Å². The summed E-state index contributed by atoms with van der Waals surface area (Å²) in [4.78, 5) is 12.5. The van der Waals surface area contributed by atoms with Crippen LogP contribution in [0.3, 0.4) is 0 Å². The number of ether oxygens (including phenoxy) is 1. The van der Waals surface area contributed by atoms with Crippen LogP contribution in [0.2, 0.25) is 0 Å². The van der Waals surface area contributed by atoms with E-state index in [1.807, 2.05) is 31.2 Å². The van der Waals surface area contributed by atoms with Gasteiger partial charge in [0, 0.05) is 12.4 Å². The molecule has 0 saturated carbocycles. The normalized spacial score (nSPS) is 11.9. The summed E-state index contributed by atoms with van der Waals surface area (Å²) in [5, 5.41) is 6.99. The smallest absolute Gasteiger partial charge is 0.259 e. The average molecular weight is 311 g/mol. The van der Waals surface area contributed by atoms with Crippen molar-refractivity contribution in [3.05, 3.63) is 48.7 Å². The Labute approximate surface area is 133 Å². The number of anilines is 1. The number of rotatable bonds is 6. The molecule has 3 aromatic rings. The van der Waals surface area contributed by atoms with Crippen LogP contribution < -0.4 is 10.1 Å². The minimum absolute atomic E-state index is 0.0146. The van der Waals surface area contributed by atoms with Crippen LogP contribution in [-0.4, -0.2) is 32.8 Å². The zero-order chi connectivity index (χ0) is 16.1. The highest BCUT2D eigenvalue weighted by molar-refractivity contribution is 5.54. The quantitative estimate of drug-likeness (QED) is 0.749. The Morgan fingerprint density at radius 2 is 2.17 bits per heavy atom. The molecule has 1 unspecified atom stereocenters. The van der Waals surface area contributed by atoms with Gasteiger partial charge in [-0.15, -0.1) is 0 Å². The van der Waals surface area contributed by atoms with E-state index in [9.17, 15) is 0 Å². The fraction of sp³-hybridized carbons (Fsp3) is 0.250. The highest BCUT2D eigenvalue weighted by Crippen LogP contribution is 2.17. The number of pyridine rings is 2. The second-order valence-electron chi connectivity index (χ2n) is 5.08. The van der Waals surface area contributed by atoms with Crippen LogP contribution in [-0.2, 0) is 0 Å². The van der Waals surface area contributed by atoms with Crippen molar-refractivity contribution in [3.63, 3.8) is 0 Å². The van der Waals surface area contributed by atoms with Crippen LogP contribution in [0.1, 0.15) is 12.7 Å². The van der Waals surface area contributed by atoms with Crippen LogP contribution in [0.25, 0.3) is 11.5 Å². The van der Waals surface area contributed by atoms with Crippen molar-refractivity contribution >= 4 is 5.82 Å². The maximum atomic E-state index is 5.75. The molecule has 0 saturated heterocycles. The molecule has 0 spiro atoms. The van der Waals surface area contributed by atoms with E-state index in [2.05, 4.69) is 25.4 Å². The molecule has 0 radical (unpaired) electrons. The van der Waals surface area contributed by atoms with Gasteiger partial charge < -0.3 is 14.6 Å². The van der Waals surface area contributed by atoms with Crippen molar-refractivity contribution in [3.8, 4) is 17.2 Å². The lowest BCUT2D eigenvalue weighted by atomic mass is 10.3. The summed E-state index contributed by atoms with van der Waals surface area (Å²) in [5.41, 5.74) is 0.788. The molecule has 3 heterocycles. The van der Waals surface area contributed by atoms with Gasteiger partial charge in [-0.1, -0.05) is 5.16 Å². The number of nitrogens with one attached hydrogen (secondary N) is 1. The van der Waals surface area contributed by atoms with Crippen LogP contribution in [0.4, 0.5) is 5.82 Å². The highest BCUT2D eigenvalue weighted by Gasteiger charge is 2.08. The average Bonchev–Trinajstić information content (AvgIpc) is 3.01. The Morgan fingerprint density at radius 1 is 1.26 bits per heavy atom. The summed E-state index contributed by atoms with van der Waals surface area (Å²) in [5.74, 6) is 2.57. The molecule has 0 aliphatic rings. The summed E-state index contributed by atoms with van der Waals surface area (Å²) < 4.78 is 10.9. The molecule has 3 aromatic heterocycles. The number of hydrogen-bond donors (Lipinski definition) is 1. The van der Waals surface area contributed by atoms with Gasteiger partial charge in [-0.25, -0.2) is 4.98 Å². The maximum Gasteiger partial charge on any atom is 0.259 e. The second kappa shape index (κ2) is 6.87. The minimum Gasteiger partial charge on any atom is -0.487 e. The molecule has 0 fully saturated rings. The lowest BCUT2D eigenvalue weighted by Gasteiger charge is -2.15. The molecule has 1 N–H and O–H groups in total. The van der Waals surface area contributed by atoms with Crippen molar-refractivity contribution in [2.45, 2.75) is 20.0 Å². The van der Waals surface area contributed by atoms with E-state index >= 15 is 0 Å². The summed E-state index contributed by atoms with van der Waals surface area (Å²) >= 11 is 0. The van der Waals surface area contributed by atoms with Gasteiger partial charge in [-0.2, -0.15) is 4.98 Å². The van der Waals surface area contributed by atoms with Crippen LogP contribution in [0, 0.1) is 6.92 Å². The summed E-state index contributed by atoms with van der Waals surface area (Å²) in [6, 6.07) is 7.47. The van der Waals surface area contributed by atoms with E-state index in [1.54, 1.807) is 25.5 Å². The maximum absolute atomic E-state index is 5.75. The summed E-state index contributed by atoms with van der Waals surface area (Å²) in [6.07, 6.45) is 5.09. The fourth-order valence-corrected chi connectivity index (χ4v) is 1.98. The van der Waals surface area contributed by atoms with Crippen molar-refractivity contribution in [2.75, 3.05) is 11.9 Å². The van der Waals surface area contributed by atoms with E-state index in [4.69, 9.17) is 9.26 Å². The number of aryl methyl sites for hydroxylation is 1. The number of aromatic nitrogens is 4. The molecule has 0 bridgehead atoms. The van der Waals surface area contributed by atoms with Crippen molar-refractivity contribution < 1.29 is 9.26 Å². The zero-order valence-corrected chi connectivity index (χ0v) is 12.9. The molecule has 7 nitrogen and oxygen atoms in total. The third kappa shape index (κ3) is 4.03. The first-order valence-corrected chi connectivity index (χ1v) is 7.28. The minimum atomic E-state index is -0.0146. The molecule has 0 aliphatic carbocycles. The molecule has 7 heteroatoms. The Hall–Kier alpha value is -2.96.